The average Bonchev–Trinajstić information content (AvgIpc) is 2.73. The van der Waals surface area contributed by atoms with E-state index in [2.05, 4.69) is 9.69 Å². The zero-order valence-corrected chi connectivity index (χ0v) is 8.51. The zero-order chi connectivity index (χ0) is 10.0. The van der Waals surface area contributed by atoms with Crippen LogP contribution < -0.4 is 11.1 Å². The number of rotatable bonds is 3. The predicted octanol–water partition coefficient (Wildman–Crippen LogP) is 0.289. The largest absolute Gasteiger partial charge is 0.386 e. The Labute approximate surface area is 86.0 Å². The summed E-state index contributed by atoms with van der Waals surface area (Å²) in [6.07, 6.45) is 0.675. The molecule has 1 aliphatic rings. The summed E-state index contributed by atoms with van der Waals surface area (Å²) in [4.78, 5) is 0. The summed E-state index contributed by atoms with van der Waals surface area (Å²) in [5.74, 6) is 0.507. The van der Waals surface area contributed by atoms with Crippen LogP contribution in [0.25, 0.3) is 0 Å². The van der Waals surface area contributed by atoms with Gasteiger partial charge in [0.2, 0.25) is 0 Å². The van der Waals surface area contributed by atoms with Crippen LogP contribution in [-0.4, -0.2) is 34.8 Å². The van der Waals surface area contributed by atoms with E-state index in [0.717, 1.165) is 5.00 Å². The fraction of sp³-hybridized carbons (Fsp3) is 0.625. The first-order chi connectivity index (χ1) is 6.68. The molecule has 14 heavy (non-hydrogen) atoms. The van der Waals surface area contributed by atoms with E-state index in [-0.39, 0.29) is 0 Å². The molecule has 2 heterocycles. The quantitative estimate of drug-likeness (QED) is 0.675. The van der Waals surface area contributed by atoms with Crippen LogP contribution in [0, 0.1) is 0 Å². The van der Waals surface area contributed by atoms with E-state index < -0.39 is 5.60 Å². The van der Waals surface area contributed by atoms with E-state index in [1.165, 1.54) is 11.5 Å². The SMILES string of the molecule is Nc1cc(NCC2(O)CCOC2)sn1. The molecule has 1 saturated heterocycles. The second kappa shape index (κ2) is 3.72. The summed E-state index contributed by atoms with van der Waals surface area (Å²) < 4.78 is 9.06. The molecule has 1 aromatic heterocycles. The Morgan fingerprint density at radius 3 is 3.21 bits per heavy atom. The molecular weight excluding hydrogens is 202 g/mol. The maximum absolute atomic E-state index is 9.92. The summed E-state index contributed by atoms with van der Waals surface area (Å²) in [5.41, 5.74) is 4.73. The van der Waals surface area contributed by atoms with Gasteiger partial charge in [0, 0.05) is 25.6 Å². The van der Waals surface area contributed by atoms with Crippen molar-refractivity contribution < 1.29 is 9.84 Å². The maximum atomic E-state index is 9.92. The summed E-state index contributed by atoms with van der Waals surface area (Å²) in [6, 6.07) is 1.75. The van der Waals surface area contributed by atoms with E-state index in [9.17, 15) is 5.11 Å². The van der Waals surface area contributed by atoms with Crippen LogP contribution in [0.1, 0.15) is 6.42 Å². The van der Waals surface area contributed by atoms with Crippen molar-refractivity contribution in [3.8, 4) is 0 Å². The second-order valence-corrected chi connectivity index (χ2v) is 4.30. The molecule has 0 radical (unpaired) electrons. The van der Waals surface area contributed by atoms with E-state index in [1.807, 2.05) is 0 Å². The summed E-state index contributed by atoms with van der Waals surface area (Å²) in [7, 11) is 0. The average molecular weight is 215 g/mol. The van der Waals surface area contributed by atoms with Crippen LogP contribution in [0.2, 0.25) is 0 Å². The summed E-state index contributed by atoms with van der Waals surface area (Å²) >= 11 is 1.29. The molecule has 0 spiro atoms. The predicted molar refractivity (Wildman–Crippen MR) is 55.4 cm³/mol. The molecule has 0 aromatic carbocycles. The minimum absolute atomic E-state index is 0.397. The zero-order valence-electron chi connectivity index (χ0n) is 7.69. The minimum Gasteiger partial charge on any atom is -0.386 e. The molecule has 2 rings (SSSR count). The monoisotopic (exact) mass is 215 g/mol. The number of nitrogen functional groups attached to an aromatic ring is 1. The van der Waals surface area contributed by atoms with Crippen molar-refractivity contribution in [1.82, 2.24) is 4.37 Å². The molecule has 0 saturated carbocycles. The van der Waals surface area contributed by atoms with Gasteiger partial charge in [0.15, 0.2) is 0 Å². The molecule has 4 N–H and O–H groups in total. The van der Waals surface area contributed by atoms with Crippen LogP contribution in [0.5, 0.6) is 0 Å². The van der Waals surface area contributed by atoms with Gasteiger partial charge in [0.25, 0.3) is 0 Å². The van der Waals surface area contributed by atoms with Crippen molar-refractivity contribution in [2.45, 2.75) is 12.0 Å². The van der Waals surface area contributed by atoms with Crippen molar-refractivity contribution >= 4 is 22.4 Å². The third-order valence-electron chi connectivity index (χ3n) is 2.20. The lowest BCUT2D eigenvalue weighted by molar-refractivity contribution is 0.0382. The number of hydrogen-bond acceptors (Lipinski definition) is 6. The fourth-order valence-electron chi connectivity index (χ4n) is 1.36. The van der Waals surface area contributed by atoms with Gasteiger partial charge >= 0.3 is 0 Å². The lowest BCUT2D eigenvalue weighted by atomic mass is 10.0. The molecule has 6 heteroatoms. The molecule has 0 aliphatic carbocycles. The highest BCUT2D eigenvalue weighted by molar-refractivity contribution is 7.10. The number of nitrogens with one attached hydrogen (secondary N) is 1. The number of anilines is 2. The van der Waals surface area contributed by atoms with E-state index in [1.54, 1.807) is 6.07 Å². The van der Waals surface area contributed by atoms with Crippen molar-refractivity contribution in [1.29, 1.82) is 0 Å². The Morgan fingerprint density at radius 1 is 1.79 bits per heavy atom. The first-order valence-electron chi connectivity index (χ1n) is 4.44. The number of hydrogen-bond donors (Lipinski definition) is 3. The lowest BCUT2D eigenvalue weighted by Crippen LogP contribution is -2.37. The standard InChI is InChI=1S/C8H13N3O2S/c9-6-3-7(14-11-6)10-4-8(12)1-2-13-5-8/h3,10,12H,1-2,4-5H2,(H2,9,11). The molecule has 5 nitrogen and oxygen atoms in total. The van der Waals surface area contributed by atoms with Gasteiger partial charge in [0.1, 0.15) is 16.4 Å². The van der Waals surface area contributed by atoms with Crippen LogP contribution in [0.15, 0.2) is 6.07 Å². The first kappa shape index (κ1) is 9.70. The molecule has 1 unspecified atom stereocenters. The molecule has 0 amide bonds. The molecule has 1 fully saturated rings. The van der Waals surface area contributed by atoms with Gasteiger partial charge in [-0.2, -0.15) is 4.37 Å². The van der Waals surface area contributed by atoms with Crippen molar-refractivity contribution in [3.63, 3.8) is 0 Å². The van der Waals surface area contributed by atoms with Crippen LogP contribution in [-0.2, 0) is 4.74 Å². The minimum atomic E-state index is -0.737. The molecule has 1 atom stereocenters. The van der Waals surface area contributed by atoms with Crippen LogP contribution >= 0.6 is 11.5 Å². The van der Waals surface area contributed by atoms with Crippen molar-refractivity contribution in [2.24, 2.45) is 0 Å². The maximum Gasteiger partial charge on any atom is 0.139 e. The number of aliphatic hydroxyl groups is 1. The highest BCUT2D eigenvalue weighted by Crippen LogP contribution is 2.22. The van der Waals surface area contributed by atoms with Gasteiger partial charge in [-0.25, -0.2) is 0 Å². The number of ether oxygens (including phenoxy) is 1. The molecule has 1 aliphatic heterocycles. The highest BCUT2D eigenvalue weighted by atomic mass is 32.1. The van der Waals surface area contributed by atoms with Crippen LogP contribution in [0.4, 0.5) is 10.8 Å². The third-order valence-corrected chi connectivity index (χ3v) is 2.96. The smallest absolute Gasteiger partial charge is 0.139 e. The third kappa shape index (κ3) is 2.14. The van der Waals surface area contributed by atoms with Gasteiger partial charge in [-0.15, -0.1) is 0 Å². The Morgan fingerprint density at radius 2 is 2.64 bits per heavy atom. The number of nitrogens with zero attached hydrogens (tertiary/aromatic N) is 1. The lowest BCUT2D eigenvalue weighted by Gasteiger charge is -2.20. The molecule has 78 valence electrons. The number of nitrogens with two attached hydrogens (primary N) is 1. The Balaban J connectivity index is 1.87. The van der Waals surface area contributed by atoms with Gasteiger partial charge in [-0.1, -0.05) is 0 Å². The number of aromatic nitrogens is 1. The highest BCUT2D eigenvalue weighted by Gasteiger charge is 2.31. The molecular formula is C8H13N3O2S. The Bertz CT molecular complexity index is 309. The second-order valence-electron chi connectivity index (χ2n) is 3.50. The Kier molecular flexibility index (Phi) is 2.58. The van der Waals surface area contributed by atoms with Gasteiger partial charge < -0.3 is 20.9 Å². The van der Waals surface area contributed by atoms with Crippen LogP contribution in [0.3, 0.4) is 0 Å². The molecule has 1 aromatic rings. The first-order valence-corrected chi connectivity index (χ1v) is 5.21. The topological polar surface area (TPSA) is 80.4 Å². The van der Waals surface area contributed by atoms with E-state index >= 15 is 0 Å². The van der Waals surface area contributed by atoms with Gasteiger partial charge in [0.05, 0.1) is 6.61 Å². The summed E-state index contributed by atoms with van der Waals surface area (Å²) in [5, 5.41) is 13.9. The van der Waals surface area contributed by atoms with Gasteiger partial charge in [-0.3, -0.25) is 0 Å². The summed E-state index contributed by atoms with van der Waals surface area (Å²) in [6.45, 7) is 1.51. The Hall–Kier alpha value is -0.850. The fourth-order valence-corrected chi connectivity index (χ4v) is 1.93. The normalized spacial score (nSPS) is 26.6. The van der Waals surface area contributed by atoms with E-state index in [0.29, 0.717) is 32.0 Å². The van der Waals surface area contributed by atoms with Crippen molar-refractivity contribution in [2.75, 3.05) is 30.8 Å². The van der Waals surface area contributed by atoms with E-state index in [4.69, 9.17) is 10.5 Å². The van der Waals surface area contributed by atoms with Crippen molar-refractivity contribution in [3.05, 3.63) is 6.07 Å². The molecule has 0 bridgehead atoms. The van der Waals surface area contributed by atoms with Gasteiger partial charge in [-0.05, 0) is 11.5 Å².